The molecule has 0 amide bonds. The highest BCUT2D eigenvalue weighted by atomic mass is 16.6. The molecule has 0 aliphatic carbocycles. The first-order chi connectivity index (χ1) is 5.57. The van der Waals surface area contributed by atoms with Crippen molar-refractivity contribution < 1.29 is 14.9 Å². The largest absolute Gasteiger partial charge is 0.387 e. The minimum absolute atomic E-state index is 0.0313. The average molecular weight is 172 g/mol. The molecular weight excluding hydrogens is 156 g/mol. The summed E-state index contributed by atoms with van der Waals surface area (Å²) in [6.45, 7) is 5.73. The Morgan fingerprint density at radius 1 is 1.42 bits per heavy atom. The van der Waals surface area contributed by atoms with Gasteiger partial charge in [-0.25, -0.2) is 0 Å². The highest BCUT2D eigenvalue weighted by molar-refractivity contribution is 5.08. The molecule has 0 radical (unpaired) electrons. The van der Waals surface area contributed by atoms with Crippen LogP contribution < -0.4 is 0 Å². The van der Waals surface area contributed by atoms with Crippen LogP contribution in [-0.4, -0.2) is 28.7 Å². The number of hydrogen-bond donors (Lipinski definition) is 2. The minimum Gasteiger partial charge on any atom is -0.387 e. The van der Waals surface area contributed by atoms with Gasteiger partial charge >= 0.3 is 0 Å². The molecule has 0 aromatic rings. The first-order valence-electron chi connectivity index (χ1n) is 4.22. The van der Waals surface area contributed by atoms with Crippen LogP contribution in [-0.2, 0) is 4.74 Å². The van der Waals surface area contributed by atoms with Crippen molar-refractivity contribution in [2.24, 2.45) is 5.92 Å². The third kappa shape index (κ3) is 1.53. The fraction of sp³-hybridized carbons (Fsp3) is 0.778. The van der Waals surface area contributed by atoms with Crippen LogP contribution in [0.25, 0.3) is 0 Å². The van der Waals surface area contributed by atoms with Crippen molar-refractivity contribution in [1.29, 1.82) is 0 Å². The number of allylic oxidation sites excluding steroid dienone is 1. The molecule has 1 aliphatic heterocycles. The van der Waals surface area contributed by atoms with Crippen LogP contribution in [0.5, 0.6) is 0 Å². The molecule has 3 nitrogen and oxygen atoms in total. The molecule has 4 unspecified atom stereocenters. The van der Waals surface area contributed by atoms with E-state index in [2.05, 4.69) is 0 Å². The number of hydrogen-bond acceptors (Lipinski definition) is 3. The normalized spacial score (nSPS) is 43.6. The lowest BCUT2D eigenvalue weighted by Crippen LogP contribution is -2.25. The third-order valence-corrected chi connectivity index (χ3v) is 2.50. The van der Waals surface area contributed by atoms with E-state index in [0.717, 1.165) is 5.57 Å². The lowest BCUT2D eigenvalue weighted by atomic mass is 9.96. The summed E-state index contributed by atoms with van der Waals surface area (Å²) in [7, 11) is 0. The lowest BCUT2D eigenvalue weighted by Gasteiger charge is -2.15. The highest BCUT2D eigenvalue weighted by Crippen LogP contribution is 2.29. The van der Waals surface area contributed by atoms with Gasteiger partial charge in [0.25, 0.3) is 0 Å². The van der Waals surface area contributed by atoms with Gasteiger partial charge in [-0.15, -0.1) is 0 Å². The topological polar surface area (TPSA) is 49.7 Å². The predicted molar refractivity (Wildman–Crippen MR) is 45.5 cm³/mol. The van der Waals surface area contributed by atoms with Gasteiger partial charge in [0.2, 0.25) is 0 Å². The van der Waals surface area contributed by atoms with Crippen molar-refractivity contribution in [2.45, 2.75) is 39.3 Å². The fourth-order valence-electron chi connectivity index (χ4n) is 1.48. The Hall–Kier alpha value is -0.380. The van der Waals surface area contributed by atoms with Crippen LogP contribution in [0, 0.1) is 5.92 Å². The Kier molecular flexibility index (Phi) is 2.88. The van der Waals surface area contributed by atoms with Gasteiger partial charge in [-0.1, -0.05) is 13.0 Å². The second-order valence-electron chi connectivity index (χ2n) is 3.33. The highest BCUT2D eigenvalue weighted by Gasteiger charge is 2.40. The number of rotatable bonds is 1. The molecule has 12 heavy (non-hydrogen) atoms. The minimum atomic E-state index is -1.03. The maximum Gasteiger partial charge on any atom is 0.181 e. The summed E-state index contributed by atoms with van der Waals surface area (Å²) in [5.41, 5.74) is 1.05. The summed E-state index contributed by atoms with van der Waals surface area (Å²) in [4.78, 5) is 0. The zero-order chi connectivity index (χ0) is 9.30. The van der Waals surface area contributed by atoms with Crippen molar-refractivity contribution in [3.63, 3.8) is 0 Å². The maximum atomic E-state index is 9.38. The summed E-state index contributed by atoms with van der Waals surface area (Å²) in [5.74, 6) is -0.0313. The van der Waals surface area contributed by atoms with E-state index in [1.165, 1.54) is 0 Å². The molecule has 3 heteroatoms. The zero-order valence-corrected chi connectivity index (χ0v) is 7.69. The van der Waals surface area contributed by atoms with E-state index in [9.17, 15) is 10.2 Å². The molecule has 70 valence electrons. The van der Waals surface area contributed by atoms with E-state index in [0.29, 0.717) is 0 Å². The van der Waals surface area contributed by atoms with E-state index < -0.39 is 12.4 Å². The van der Waals surface area contributed by atoms with Gasteiger partial charge in [-0.3, -0.25) is 0 Å². The van der Waals surface area contributed by atoms with E-state index in [1.807, 2.05) is 26.8 Å². The van der Waals surface area contributed by atoms with Gasteiger partial charge in [0.05, 0.1) is 6.10 Å². The van der Waals surface area contributed by atoms with Gasteiger partial charge in [0, 0.05) is 5.92 Å². The molecule has 1 heterocycles. The fourth-order valence-corrected chi connectivity index (χ4v) is 1.48. The number of aliphatic hydroxyl groups is 2. The van der Waals surface area contributed by atoms with Gasteiger partial charge in [0.1, 0.15) is 6.10 Å². The van der Waals surface area contributed by atoms with Crippen LogP contribution in [0.4, 0.5) is 0 Å². The Balaban J connectivity index is 2.71. The van der Waals surface area contributed by atoms with Crippen LogP contribution in [0.1, 0.15) is 20.8 Å². The van der Waals surface area contributed by atoms with Crippen LogP contribution in [0.2, 0.25) is 0 Å². The Labute approximate surface area is 72.7 Å². The molecular formula is C9H16O3. The van der Waals surface area contributed by atoms with Crippen molar-refractivity contribution in [2.75, 3.05) is 0 Å². The molecule has 1 saturated heterocycles. The SMILES string of the molecule is C/C=C(/C)C1OC(O)C(O)C1C. The second-order valence-corrected chi connectivity index (χ2v) is 3.33. The average Bonchev–Trinajstić information content (AvgIpc) is 2.32. The molecule has 0 saturated carbocycles. The quantitative estimate of drug-likeness (QED) is 0.571. The summed E-state index contributed by atoms with van der Waals surface area (Å²) in [5, 5.41) is 18.6. The van der Waals surface area contributed by atoms with Crippen molar-refractivity contribution >= 4 is 0 Å². The van der Waals surface area contributed by atoms with Gasteiger partial charge in [0.15, 0.2) is 6.29 Å². The van der Waals surface area contributed by atoms with Crippen LogP contribution in [0.3, 0.4) is 0 Å². The van der Waals surface area contributed by atoms with E-state index in [1.54, 1.807) is 0 Å². The smallest absolute Gasteiger partial charge is 0.181 e. The Morgan fingerprint density at radius 2 is 2.00 bits per heavy atom. The van der Waals surface area contributed by atoms with Crippen molar-refractivity contribution in [3.05, 3.63) is 11.6 Å². The number of aliphatic hydroxyl groups excluding tert-OH is 2. The summed E-state index contributed by atoms with van der Waals surface area (Å²) >= 11 is 0. The van der Waals surface area contributed by atoms with Crippen molar-refractivity contribution in [3.8, 4) is 0 Å². The molecule has 2 N–H and O–H groups in total. The lowest BCUT2D eigenvalue weighted by molar-refractivity contribution is -0.121. The molecule has 1 aliphatic rings. The molecule has 4 atom stereocenters. The molecule has 0 aromatic heterocycles. The summed E-state index contributed by atoms with van der Waals surface area (Å²) < 4.78 is 5.18. The van der Waals surface area contributed by atoms with E-state index in [-0.39, 0.29) is 12.0 Å². The molecule has 0 bridgehead atoms. The first-order valence-corrected chi connectivity index (χ1v) is 4.22. The van der Waals surface area contributed by atoms with E-state index in [4.69, 9.17) is 4.74 Å². The van der Waals surface area contributed by atoms with E-state index >= 15 is 0 Å². The van der Waals surface area contributed by atoms with Crippen LogP contribution >= 0.6 is 0 Å². The predicted octanol–water partition coefficient (Wildman–Crippen LogP) is 0.667. The first kappa shape index (κ1) is 9.71. The van der Waals surface area contributed by atoms with Crippen LogP contribution in [0.15, 0.2) is 11.6 Å². The van der Waals surface area contributed by atoms with Gasteiger partial charge in [-0.05, 0) is 19.4 Å². The van der Waals surface area contributed by atoms with Gasteiger partial charge < -0.3 is 14.9 Å². The maximum absolute atomic E-state index is 9.38. The molecule has 0 spiro atoms. The molecule has 0 aromatic carbocycles. The molecule has 1 rings (SSSR count). The molecule has 1 fully saturated rings. The Morgan fingerprint density at radius 3 is 2.33 bits per heavy atom. The Bertz CT molecular complexity index is 188. The standard InChI is InChI=1S/C9H16O3/c1-4-5(2)8-6(3)7(10)9(11)12-8/h4,6-11H,1-3H3/b5-4-. The third-order valence-electron chi connectivity index (χ3n) is 2.50. The monoisotopic (exact) mass is 172 g/mol. The van der Waals surface area contributed by atoms with Crippen molar-refractivity contribution in [1.82, 2.24) is 0 Å². The second kappa shape index (κ2) is 3.56. The summed E-state index contributed by atoms with van der Waals surface area (Å²) in [6.07, 6.45) is 0.0103. The number of ether oxygens (including phenoxy) is 1. The van der Waals surface area contributed by atoms with Gasteiger partial charge in [-0.2, -0.15) is 0 Å². The zero-order valence-electron chi connectivity index (χ0n) is 7.69. The summed E-state index contributed by atoms with van der Waals surface area (Å²) in [6, 6.07) is 0.